The molecule has 2 heterocycles. The van der Waals surface area contributed by atoms with E-state index in [9.17, 15) is 0 Å². The van der Waals surface area contributed by atoms with Crippen LogP contribution in [-0.4, -0.2) is 43.8 Å². The minimum Gasteiger partial charge on any atom is -0.381 e. The third-order valence-electron chi connectivity index (χ3n) is 4.84. The summed E-state index contributed by atoms with van der Waals surface area (Å²) in [5, 5.41) is 3.80. The smallest absolute Gasteiger partial charge is 0.0480 e. The van der Waals surface area contributed by atoms with Crippen LogP contribution >= 0.6 is 0 Å². The van der Waals surface area contributed by atoms with E-state index in [0.29, 0.717) is 12.1 Å². The number of hydrogen-bond donors (Lipinski definition) is 1. The van der Waals surface area contributed by atoms with Crippen molar-refractivity contribution in [3.63, 3.8) is 0 Å². The van der Waals surface area contributed by atoms with Crippen molar-refractivity contribution in [2.24, 2.45) is 0 Å². The van der Waals surface area contributed by atoms with Crippen LogP contribution in [0.25, 0.3) is 0 Å². The molecule has 3 rings (SSSR count). The molecule has 0 aliphatic carbocycles. The van der Waals surface area contributed by atoms with Crippen molar-refractivity contribution in [2.45, 2.75) is 44.2 Å². The van der Waals surface area contributed by atoms with E-state index in [1.165, 1.54) is 37.9 Å². The Kier molecular flexibility index (Phi) is 5.67. The van der Waals surface area contributed by atoms with Crippen molar-refractivity contribution in [1.29, 1.82) is 0 Å². The molecule has 2 aliphatic heterocycles. The molecule has 21 heavy (non-hydrogen) atoms. The van der Waals surface area contributed by atoms with Crippen molar-refractivity contribution in [1.82, 2.24) is 10.2 Å². The van der Waals surface area contributed by atoms with E-state index in [-0.39, 0.29) is 0 Å². The molecule has 0 bridgehead atoms. The third-order valence-corrected chi connectivity index (χ3v) is 4.84. The Morgan fingerprint density at radius 2 is 1.76 bits per heavy atom. The largest absolute Gasteiger partial charge is 0.381 e. The van der Waals surface area contributed by atoms with Crippen LogP contribution in [0.4, 0.5) is 0 Å². The van der Waals surface area contributed by atoms with E-state index in [0.717, 1.165) is 32.6 Å². The number of piperidine rings is 1. The maximum absolute atomic E-state index is 5.46. The quantitative estimate of drug-likeness (QED) is 0.901. The van der Waals surface area contributed by atoms with Gasteiger partial charge in [-0.3, -0.25) is 4.90 Å². The number of benzene rings is 1. The van der Waals surface area contributed by atoms with Crippen molar-refractivity contribution in [3.8, 4) is 0 Å². The highest BCUT2D eigenvalue weighted by molar-refractivity contribution is 5.19. The summed E-state index contributed by atoms with van der Waals surface area (Å²) in [6.45, 7) is 5.38. The summed E-state index contributed by atoms with van der Waals surface area (Å²) in [5.74, 6) is 0. The predicted octanol–water partition coefficient (Wildman–Crippen LogP) is 2.98. The second-order valence-electron chi connectivity index (χ2n) is 6.32. The number of likely N-dealkylation sites (tertiary alicyclic amines) is 1. The molecular formula is C18H28N2O. The van der Waals surface area contributed by atoms with Crippen LogP contribution in [0.2, 0.25) is 0 Å². The van der Waals surface area contributed by atoms with Gasteiger partial charge in [-0.05, 0) is 44.3 Å². The van der Waals surface area contributed by atoms with Crippen molar-refractivity contribution in [2.75, 3.05) is 32.8 Å². The lowest BCUT2D eigenvalue weighted by molar-refractivity contribution is 0.0737. The van der Waals surface area contributed by atoms with E-state index in [1.807, 2.05) is 0 Å². The molecule has 0 saturated carbocycles. The Bertz CT molecular complexity index is 397. The van der Waals surface area contributed by atoms with Crippen molar-refractivity contribution >= 4 is 0 Å². The molecule has 1 N–H and O–H groups in total. The number of nitrogens with one attached hydrogen (secondary N) is 1. The fourth-order valence-electron chi connectivity index (χ4n) is 3.54. The lowest BCUT2D eigenvalue weighted by Crippen LogP contribution is -2.43. The van der Waals surface area contributed by atoms with Gasteiger partial charge in [-0.1, -0.05) is 36.8 Å². The maximum atomic E-state index is 5.46. The van der Waals surface area contributed by atoms with E-state index in [1.54, 1.807) is 0 Å². The van der Waals surface area contributed by atoms with E-state index < -0.39 is 0 Å². The third kappa shape index (κ3) is 4.29. The lowest BCUT2D eigenvalue weighted by atomic mass is 10.0. The van der Waals surface area contributed by atoms with Crippen molar-refractivity contribution < 1.29 is 4.74 Å². The van der Waals surface area contributed by atoms with Gasteiger partial charge in [0.25, 0.3) is 0 Å². The van der Waals surface area contributed by atoms with Gasteiger partial charge in [0.2, 0.25) is 0 Å². The van der Waals surface area contributed by atoms with Gasteiger partial charge in [-0.25, -0.2) is 0 Å². The van der Waals surface area contributed by atoms with E-state index in [4.69, 9.17) is 4.74 Å². The fraction of sp³-hybridized carbons (Fsp3) is 0.667. The van der Waals surface area contributed by atoms with E-state index >= 15 is 0 Å². The summed E-state index contributed by atoms with van der Waals surface area (Å²) < 4.78 is 5.46. The Hall–Kier alpha value is -0.900. The number of hydrogen-bond acceptors (Lipinski definition) is 3. The Balaban J connectivity index is 1.63. The highest BCUT2D eigenvalue weighted by Gasteiger charge is 2.23. The monoisotopic (exact) mass is 288 g/mol. The average Bonchev–Trinajstić information content (AvgIpc) is 2.58. The summed E-state index contributed by atoms with van der Waals surface area (Å²) in [6.07, 6.45) is 6.40. The van der Waals surface area contributed by atoms with Crippen LogP contribution in [0.15, 0.2) is 30.3 Å². The van der Waals surface area contributed by atoms with Crippen LogP contribution in [0.3, 0.4) is 0 Å². The molecular weight excluding hydrogens is 260 g/mol. The number of nitrogens with zero attached hydrogens (tertiary/aromatic N) is 1. The van der Waals surface area contributed by atoms with Gasteiger partial charge < -0.3 is 10.1 Å². The van der Waals surface area contributed by atoms with E-state index in [2.05, 4.69) is 40.5 Å². The molecule has 0 aromatic heterocycles. The topological polar surface area (TPSA) is 24.5 Å². The summed E-state index contributed by atoms with van der Waals surface area (Å²) in [4.78, 5) is 2.67. The molecule has 1 aromatic rings. The molecule has 2 aliphatic rings. The first-order valence-corrected chi connectivity index (χ1v) is 8.53. The molecule has 0 unspecified atom stereocenters. The van der Waals surface area contributed by atoms with Crippen molar-refractivity contribution in [3.05, 3.63) is 35.9 Å². The molecule has 1 aromatic carbocycles. The molecule has 0 radical (unpaired) electrons. The number of ether oxygens (including phenoxy) is 1. The SMILES string of the molecule is c1ccc([C@H](CNC2CCOCC2)N2CCCCC2)cc1. The van der Waals surface area contributed by atoms with Gasteiger partial charge >= 0.3 is 0 Å². The van der Waals surface area contributed by atoms with Gasteiger partial charge in [0, 0.05) is 31.8 Å². The maximum Gasteiger partial charge on any atom is 0.0480 e. The normalized spacial score (nSPS) is 23.0. The first-order valence-electron chi connectivity index (χ1n) is 8.53. The molecule has 3 heteroatoms. The zero-order valence-corrected chi connectivity index (χ0v) is 13.0. The molecule has 2 fully saturated rings. The second kappa shape index (κ2) is 7.92. The molecule has 3 nitrogen and oxygen atoms in total. The van der Waals surface area contributed by atoms with Gasteiger partial charge in [-0.15, -0.1) is 0 Å². The lowest BCUT2D eigenvalue weighted by Gasteiger charge is -2.36. The first-order chi connectivity index (χ1) is 10.4. The summed E-state index contributed by atoms with van der Waals surface area (Å²) >= 11 is 0. The molecule has 1 atom stereocenters. The van der Waals surface area contributed by atoms with Crippen LogP contribution in [0, 0.1) is 0 Å². The Morgan fingerprint density at radius 3 is 2.48 bits per heavy atom. The van der Waals surface area contributed by atoms with Crippen LogP contribution < -0.4 is 5.32 Å². The minimum absolute atomic E-state index is 0.523. The molecule has 116 valence electrons. The molecule has 0 spiro atoms. The van der Waals surface area contributed by atoms with Gasteiger partial charge in [0.1, 0.15) is 0 Å². The second-order valence-corrected chi connectivity index (χ2v) is 6.32. The summed E-state index contributed by atoms with van der Waals surface area (Å²) in [5.41, 5.74) is 1.46. The average molecular weight is 288 g/mol. The highest BCUT2D eigenvalue weighted by atomic mass is 16.5. The zero-order valence-electron chi connectivity index (χ0n) is 13.0. The Morgan fingerprint density at radius 1 is 1.05 bits per heavy atom. The fourth-order valence-corrected chi connectivity index (χ4v) is 3.54. The van der Waals surface area contributed by atoms with Crippen LogP contribution in [0.5, 0.6) is 0 Å². The molecule has 2 saturated heterocycles. The minimum atomic E-state index is 0.523. The van der Waals surface area contributed by atoms with Crippen LogP contribution in [-0.2, 0) is 4.74 Å². The molecule has 0 amide bonds. The van der Waals surface area contributed by atoms with Gasteiger partial charge in [0.15, 0.2) is 0 Å². The first kappa shape index (κ1) is 15.0. The summed E-state index contributed by atoms with van der Waals surface area (Å²) in [7, 11) is 0. The zero-order chi connectivity index (χ0) is 14.3. The van der Waals surface area contributed by atoms with Gasteiger partial charge in [0.05, 0.1) is 0 Å². The predicted molar refractivity (Wildman–Crippen MR) is 86.5 cm³/mol. The standard InChI is InChI=1S/C18H28N2O/c1-3-7-16(8-4-1)18(20-11-5-2-6-12-20)15-19-17-9-13-21-14-10-17/h1,3-4,7-8,17-19H,2,5-6,9-15H2/t18-/m0/s1. The highest BCUT2D eigenvalue weighted by Crippen LogP contribution is 2.24. The number of rotatable bonds is 5. The van der Waals surface area contributed by atoms with Crippen LogP contribution in [0.1, 0.15) is 43.7 Å². The van der Waals surface area contributed by atoms with Gasteiger partial charge in [-0.2, -0.15) is 0 Å². The Labute approximate surface area is 128 Å². The summed E-state index contributed by atoms with van der Waals surface area (Å²) in [6, 6.07) is 12.2.